The smallest absolute Gasteiger partial charge is 0.387 e. The third-order valence-electron chi connectivity index (χ3n) is 3.73. The minimum absolute atomic E-state index is 0.0318. The van der Waals surface area contributed by atoms with E-state index in [9.17, 15) is 13.6 Å². The van der Waals surface area contributed by atoms with Gasteiger partial charge in [-0.25, -0.2) is 0 Å². The fourth-order valence-corrected chi connectivity index (χ4v) is 2.41. The summed E-state index contributed by atoms with van der Waals surface area (Å²) in [5.41, 5.74) is 1.53. The van der Waals surface area contributed by atoms with Crippen LogP contribution in [0.5, 0.6) is 11.5 Å². The molecule has 2 aromatic rings. The van der Waals surface area contributed by atoms with E-state index in [2.05, 4.69) is 10.1 Å². The van der Waals surface area contributed by atoms with Gasteiger partial charge in [-0.05, 0) is 43.5 Å². The maximum Gasteiger partial charge on any atom is 0.387 e. The summed E-state index contributed by atoms with van der Waals surface area (Å²) in [4.78, 5) is 12.3. The zero-order chi connectivity index (χ0) is 18.2. The number of alkyl halides is 2. The number of benzene rings is 2. The molecular formula is C19H21F2NO3. The molecule has 0 bridgehead atoms. The van der Waals surface area contributed by atoms with Crippen LogP contribution >= 0.6 is 0 Å². The van der Waals surface area contributed by atoms with Crippen molar-refractivity contribution in [3.05, 3.63) is 59.7 Å². The van der Waals surface area contributed by atoms with Crippen LogP contribution in [0.2, 0.25) is 0 Å². The molecular weight excluding hydrogens is 328 g/mol. The number of aryl methyl sites for hydroxylation is 1. The molecule has 2 rings (SSSR count). The van der Waals surface area contributed by atoms with E-state index < -0.39 is 6.61 Å². The number of carbonyl (C=O) groups is 1. The molecule has 134 valence electrons. The average Bonchev–Trinajstić information content (AvgIpc) is 2.60. The molecule has 0 radical (unpaired) electrons. The Labute approximate surface area is 145 Å². The van der Waals surface area contributed by atoms with Crippen LogP contribution in [0.25, 0.3) is 0 Å². The fraction of sp³-hybridized carbons (Fsp3) is 0.316. The van der Waals surface area contributed by atoms with Crippen LogP contribution in [0, 0.1) is 0 Å². The van der Waals surface area contributed by atoms with E-state index in [0.717, 1.165) is 12.8 Å². The number of rotatable bonds is 8. The monoisotopic (exact) mass is 349 g/mol. The van der Waals surface area contributed by atoms with Crippen LogP contribution < -0.4 is 14.8 Å². The molecule has 1 N–H and O–H groups in total. The number of ether oxygens (including phenoxy) is 2. The van der Waals surface area contributed by atoms with E-state index in [1.165, 1.54) is 30.9 Å². The number of hydrogen-bond acceptors (Lipinski definition) is 3. The first kappa shape index (κ1) is 18.7. The van der Waals surface area contributed by atoms with Crippen LogP contribution in [0.15, 0.2) is 48.5 Å². The standard InChI is InChI=1S/C19H21F2NO3/c1-13(8-9-14-6-4-3-5-7-14)22-18(23)15-10-11-16(25-19(20)21)17(12-15)24-2/h3-7,10-13,19H,8-9H2,1-2H3,(H,22,23). The van der Waals surface area contributed by atoms with Gasteiger partial charge in [-0.15, -0.1) is 0 Å². The van der Waals surface area contributed by atoms with Gasteiger partial charge in [0.05, 0.1) is 7.11 Å². The lowest BCUT2D eigenvalue weighted by atomic mass is 10.1. The molecule has 0 spiro atoms. The van der Waals surface area contributed by atoms with Crippen molar-refractivity contribution in [3.63, 3.8) is 0 Å². The Morgan fingerprint density at radius 2 is 1.84 bits per heavy atom. The summed E-state index contributed by atoms with van der Waals surface area (Å²) in [5, 5.41) is 2.89. The van der Waals surface area contributed by atoms with Gasteiger partial charge in [-0.3, -0.25) is 4.79 Å². The molecule has 1 atom stereocenters. The molecule has 1 amide bonds. The van der Waals surface area contributed by atoms with Crippen molar-refractivity contribution in [3.8, 4) is 11.5 Å². The fourth-order valence-electron chi connectivity index (χ4n) is 2.41. The predicted octanol–water partition coefficient (Wildman–Crippen LogP) is 4.05. The molecule has 0 aliphatic heterocycles. The van der Waals surface area contributed by atoms with Gasteiger partial charge in [-0.2, -0.15) is 8.78 Å². The van der Waals surface area contributed by atoms with Crippen LogP contribution in [-0.2, 0) is 6.42 Å². The number of carbonyl (C=O) groups excluding carboxylic acids is 1. The zero-order valence-corrected chi connectivity index (χ0v) is 14.2. The summed E-state index contributed by atoms with van der Waals surface area (Å²) in [7, 11) is 1.33. The van der Waals surface area contributed by atoms with E-state index in [4.69, 9.17) is 4.74 Å². The van der Waals surface area contributed by atoms with Gasteiger partial charge in [0.2, 0.25) is 0 Å². The lowest BCUT2D eigenvalue weighted by molar-refractivity contribution is -0.0512. The Hall–Kier alpha value is -2.63. The molecule has 0 saturated heterocycles. The molecule has 4 nitrogen and oxygen atoms in total. The van der Waals surface area contributed by atoms with Gasteiger partial charge in [0.25, 0.3) is 5.91 Å². The third-order valence-corrected chi connectivity index (χ3v) is 3.73. The lowest BCUT2D eigenvalue weighted by Crippen LogP contribution is -2.32. The maximum absolute atomic E-state index is 12.3. The van der Waals surface area contributed by atoms with Crippen LogP contribution in [-0.4, -0.2) is 25.7 Å². The van der Waals surface area contributed by atoms with Crippen LogP contribution in [0.4, 0.5) is 8.78 Å². The van der Waals surface area contributed by atoms with Gasteiger partial charge in [0.1, 0.15) is 0 Å². The van der Waals surface area contributed by atoms with E-state index in [1.54, 1.807) is 0 Å². The topological polar surface area (TPSA) is 47.6 Å². The summed E-state index contributed by atoms with van der Waals surface area (Å²) in [5.74, 6) is -0.307. The van der Waals surface area contributed by atoms with Crippen molar-refractivity contribution in [2.24, 2.45) is 0 Å². The Balaban J connectivity index is 1.95. The molecule has 1 unspecified atom stereocenters. The van der Waals surface area contributed by atoms with E-state index >= 15 is 0 Å². The molecule has 0 aliphatic carbocycles. The average molecular weight is 349 g/mol. The number of methoxy groups -OCH3 is 1. The first-order chi connectivity index (χ1) is 12.0. The summed E-state index contributed by atoms with van der Waals surface area (Å²) in [6.07, 6.45) is 1.65. The molecule has 0 aliphatic rings. The minimum Gasteiger partial charge on any atom is -0.493 e. The van der Waals surface area contributed by atoms with Crippen molar-refractivity contribution in [1.29, 1.82) is 0 Å². The Kier molecular flexibility index (Phi) is 6.74. The third kappa shape index (κ3) is 5.74. The molecule has 2 aromatic carbocycles. The molecule has 0 saturated carbocycles. The zero-order valence-electron chi connectivity index (χ0n) is 14.2. The van der Waals surface area contributed by atoms with Crippen molar-refractivity contribution in [2.45, 2.75) is 32.4 Å². The number of amides is 1. The first-order valence-corrected chi connectivity index (χ1v) is 7.97. The maximum atomic E-state index is 12.3. The Morgan fingerprint density at radius 3 is 2.48 bits per heavy atom. The van der Waals surface area contributed by atoms with Gasteiger partial charge in [-0.1, -0.05) is 30.3 Å². The van der Waals surface area contributed by atoms with E-state index in [0.29, 0.717) is 5.56 Å². The van der Waals surface area contributed by atoms with Crippen molar-refractivity contribution < 1.29 is 23.0 Å². The number of nitrogens with one attached hydrogen (secondary N) is 1. The van der Waals surface area contributed by atoms with Gasteiger partial charge >= 0.3 is 6.61 Å². The SMILES string of the molecule is COc1cc(C(=O)NC(C)CCc2ccccc2)ccc1OC(F)F. The first-order valence-electron chi connectivity index (χ1n) is 7.97. The largest absolute Gasteiger partial charge is 0.493 e. The minimum atomic E-state index is -2.95. The molecule has 0 heterocycles. The summed E-state index contributed by atoms with van der Waals surface area (Å²) >= 11 is 0. The van der Waals surface area contributed by atoms with Crippen molar-refractivity contribution in [1.82, 2.24) is 5.32 Å². The Morgan fingerprint density at radius 1 is 1.12 bits per heavy atom. The van der Waals surface area contributed by atoms with Crippen LogP contribution in [0.1, 0.15) is 29.3 Å². The predicted molar refractivity (Wildman–Crippen MR) is 91.3 cm³/mol. The highest BCUT2D eigenvalue weighted by Crippen LogP contribution is 2.29. The van der Waals surface area contributed by atoms with Gasteiger partial charge in [0.15, 0.2) is 11.5 Å². The Bertz CT molecular complexity index is 692. The van der Waals surface area contributed by atoms with Crippen LogP contribution in [0.3, 0.4) is 0 Å². The second kappa shape index (κ2) is 9.01. The second-order valence-corrected chi connectivity index (χ2v) is 5.64. The van der Waals surface area contributed by atoms with E-state index in [-0.39, 0.29) is 23.4 Å². The normalized spacial score (nSPS) is 11.9. The lowest BCUT2D eigenvalue weighted by Gasteiger charge is -2.15. The highest BCUT2D eigenvalue weighted by molar-refractivity contribution is 5.95. The second-order valence-electron chi connectivity index (χ2n) is 5.64. The summed E-state index contributed by atoms with van der Waals surface area (Å²) < 4.78 is 34.0. The summed E-state index contributed by atoms with van der Waals surface area (Å²) in [6.45, 7) is -1.03. The van der Waals surface area contributed by atoms with E-state index in [1.807, 2.05) is 37.3 Å². The van der Waals surface area contributed by atoms with Crippen molar-refractivity contribution in [2.75, 3.05) is 7.11 Å². The van der Waals surface area contributed by atoms with Gasteiger partial charge < -0.3 is 14.8 Å². The highest BCUT2D eigenvalue weighted by atomic mass is 19.3. The summed E-state index contributed by atoms with van der Waals surface area (Å²) in [6, 6.07) is 14.1. The molecule has 25 heavy (non-hydrogen) atoms. The number of hydrogen-bond donors (Lipinski definition) is 1. The molecule has 6 heteroatoms. The molecule has 0 aromatic heterocycles. The quantitative estimate of drug-likeness (QED) is 0.782. The van der Waals surface area contributed by atoms with Crippen molar-refractivity contribution >= 4 is 5.91 Å². The van der Waals surface area contributed by atoms with Gasteiger partial charge in [0, 0.05) is 11.6 Å². The highest BCUT2D eigenvalue weighted by Gasteiger charge is 2.15. The molecule has 0 fully saturated rings. The number of halogens is 2.